The second-order valence-electron chi connectivity index (χ2n) is 8.10. The summed E-state index contributed by atoms with van der Waals surface area (Å²) in [5.74, 6) is -0.888. The molecular formula is C23H24N2O6S. The number of hydrogen-bond acceptors (Lipinski definition) is 6. The Morgan fingerprint density at radius 2 is 1.69 bits per heavy atom. The second kappa shape index (κ2) is 8.84. The van der Waals surface area contributed by atoms with E-state index in [1.54, 1.807) is 18.2 Å². The average molecular weight is 457 g/mol. The van der Waals surface area contributed by atoms with Gasteiger partial charge in [-0.3, -0.25) is 19.3 Å². The number of piperidine rings is 1. The number of para-hydroxylation sites is 1. The molecule has 2 aliphatic rings. The number of benzene rings is 2. The molecule has 0 aromatic heterocycles. The third-order valence-electron chi connectivity index (χ3n) is 5.87. The van der Waals surface area contributed by atoms with E-state index in [1.807, 2.05) is 0 Å². The molecule has 32 heavy (non-hydrogen) atoms. The lowest BCUT2D eigenvalue weighted by Gasteiger charge is -2.29. The summed E-state index contributed by atoms with van der Waals surface area (Å²) < 4.78 is 32.6. The van der Waals surface area contributed by atoms with Gasteiger partial charge in [-0.05, 0) is 55.2 Å². The first-order valence-electron chi connectivity index (χ1n) is 10.5. The van der Waals surface area contributed by atoms with E-state index in [0.29, 0.717) is 24.8 Å². The van der Waals surface area contributed by atoms with Crippen LogP contribution < -0.4 is 4.74 Å². The van der Waals surface area contributed by atoms with E-state index in [4.69, 9.17) is 4.74 Å². The minimum absolute atomic E-state index is 0.118. The molecule has 2 aromatic carbocycles. The minimum atomic E-state index is -3.62. The van der Waals surface area contributed by atoms with Crippen molar-refractivity contribution in [1.29, 1.82) is 0 Å². The zero-order chi connectivity index (χ0) is 22.9. The van der Waals surface area contributed by atoms with Gasteiger partial charge in [-0.25, -0.2) is 8.42 Å². The molecule has 0 atom stereocenters. The highest BCUT2D eigenvalue weighted by molar-refractivity contribution is 7.89. The van der Waals surface area contributed by atoms with Gasteiger partial charge in [-0.15, -0.1) is 0 Å². The third-order valence-corrected chi connectivity index (χ3v) is 7.79. The van der Waals surface area contributed by atoms with Crippen molar-refractivity contribution in [2.24, 2.45) is 5.92 Å². The SMILES string of the molecule is CC1CCN(S(=O)(=O)c2ccc(C(=O)CN3C(=O)COc4ccccc4C3=O)cc2)CC1. The summed E-state index contributed by atoms with van der Waals surface area (Å²) in [5.41, 5.74) is 0.429. The summed E-state index contributed by atoms with van der Waals surface area (Å²) in [5, 5.41) is 0. The molecule has 0 aliphatic carbocycles. The summed E-state index contributed by atoms with van der Waals surface area (Å²) in [4.78, 5) is 38.9. The standard InChI is InChI=1S/C23H24N2O6S/c1-16-10-12-24(13-11-16)32(29,30)18-8-6-17(7-9-18)20(26)14-25-22(27)15-31-21-5-3-2-4-19(21)23(25)28/h2-9,16H,10-15H2,1H3. The van der Waals surface area contributed by atoms with Gasteiger partial charge in [0.1, 0.15) is 5.75 Å². The average Bonchev–Trinajstić information content (AvgIpc) is 2.91. The lowest BCUT2D eigenvalue weighted by atomic mass is 10.0. The monoisotopic (exact) mass is 456 g/mol. The van der Waals surface area contributed by atoms with E-state index in [1.165, 1.54) is 34.6 Å². The number of ether oxygens (including phenoxy) is 1. The van der Waals surface area contributed by atoms with Crippen molar-refractivity contribution >= 4 is 27.6 Å². The van der Waals surface area contributed by atoms with Crippen LogP contribution in [0.25, 0.3) is 0 Å². The molecule has 8 nitrogen and oxygen atoms in total. The molecular weight excluding hydrogens is 432 g/mol. The van der Waals surface area contributed by atoms with E-state index >= 15 is 0 Å². The van der Waals surface area contributed by atoms with E-state index < -0.39 is 34.2 Å². The molecule has 0 saturated carbocycles. The Hall–Kier alpha value is -3.04. The number of Topliss-reactive ketones (excluding diaryl/α,β-unsaturated/α-hetero) is 1. The fourth-order valence-corrected chi connectivity index (χ4v) is 5.30. The first kappa shape index (κ1) is 22.2. The summed E-state index contributed by atoms with van der Waals surface area (Å²) in [7, 11) is -3.62. The Bertz CT molecular complexity index is 1150. The summed E-state index contributed by atoms with van der Waals surface area (Å²) in [6.07, 6.45) is 1.64. The van der Waals surface area contributed by atoms with E-state index in [9.17, 15) is 22.8 Å². The number of amides is 2. The van der Waals surface area contributed by atoms with Gasteiger partial charge in [0, 0.05) is 18.7 Å². The van der Waals surface area contributed by atoms with Crippen molar-refractivity contribution in [3.8, 4) is 5.75 Å². The van der Waals surface area contributed by atoms with E-state index in [2.05, 4.69) is 6.92 Å². The molecule has 2 amide bonds. The predicted molar refractivity (Wildman–Crippen MR) is 116 cm³/mol. The van der Waals surface area contributed by atoms with Crippen LogP contribution in [0.1, 0.15) is 40.5 Å². The van der Waals surface area contributed by atoms with Gasteiger partial charge in [0.2, 0.25) is 10.0 Å². The maximum atomic E-state index is 12.9. The van der Waals surface area contributed by atoms with Crippen molar-refractivity contribution in [2.45, 2.75) is 24.7 Å². The Morgan fingerprint density at radius 1 is 1.03 bits per heavy atom. The largest absolute Gasteiger partial charge is 0.483 e. The second-order valence-corrected chi connectivity index (χ2v) is 10.0. The van der Waals surface area contributed by atoms with Crippen LogP contribution in [0.4, 0.5) is 0 Å². The van der Waals surface area contributed by atoms with Gasteiger partial charge in [-0.1, -0.05) is 19.1 Å². The number of rotatable bonds is 5. The molecule has 1 saturated heterocycles. The number of imide groups is 1. The van der Waals surface area contributed by atoms with Crippen molar-refractivity contribution in [1.82, 2.24) is 9.21 Å². The number of nitrogens with zero attached hydrogens (tertiary/aromatic N) is 2. The van der Waals surface area contributed by atoms with E-state index in [0.717, 1.165) is 17.7 Å². The molecule has 0 bridgehead atoms. The molecule has 9 heteroatoms. The topological polar surface area (TPSA) is 101 Å². The first-order chi connectivity index (χ1) is 15.3. The quantitative estimate of drug-likeness (QED) is 0.506. The summed E-state index contributed by atoms with van der Waals surface area (Å²) in [6.45, 7) is 2.27. The molecule has 168 valence electrons. The highest BCUT2D eigenvalue weighted by atomic mass is 32.2. The number of sulfonamides is 1. The molecule has 0 radical (unpaired) electrons. The van der Waals surface area contributed by atoms with Gasteiger partial charge >= 0.3 is 0 Å². The molecule has 1 fully saturated rings. The smallest absolute Gasteiger partial charge is 0.267 e. The van der Waals surface area contributed by atoms with Crippen LogP contribution >= 0.6 is 0 Å². The molecule has 2 heterocycles. The predicted octanol–water partition coefficient (Wildman–Crippen LogP) is 2.35. The molecule has 0 spiro atoms. The van der Waals surface area contributed by atoms with Crippen LogP contribution in [-0.2, 0) is 14.8 Å². The van der Waals surface area contributed by atoms with Crippen molar-refractivity contribution < 1.29 is 27.5 Å². The van der Waals surface area contributed by atoms with Gasteiger partial charge in [0.15, 0.2) is 12.4 Å². The molecule has 0 N–H and O–H groups in total. The Morgan fingerprint density at radius 3 is 2.38 bits per heavy atom. The maximum Gasteiger partial charge on any atom is 0.267 e. The van der Waals surface area contributed by atoms with Crippen LogP contribution in [0.2, 0.25) is 0 Å². The van der Waals surface area contributed by atoms with Gasteiger partial charge in [0.25, 0.3) is 11.8 Å². The molecule has 4 rings (SSSR count). The third kappa shape index (κ3) is 4.31. The summed E-state index contributed by atoms with van der Waals surface area (Å²) >= 11 is 0. The number of fused-ring (bicyclic) bond motifs is 1. The lowest BCUT2D eigenvalue weighted by molar-refractivity contribution is -0.129. The highest BCUT2D eigenvalue weighted by Gasteiger charge is 2.32. The van der Waals surface area contributed by atoms with Crippen molar-refractivity contribution in [3.05, 3.63) is 59.7 Å². The molecule has 2 aliphatic heterocycles. The lowest BCUT2D eigenvalue weighted by Crippen LogP contribution is -2.41. The van der Waals surface area contributed by atoms with Crippen LogP contribution in [-0.4, -0.2) is 61.5 Å². The minimum Gasteiger partial charge on any atom is -0.483 e. The van der Waals surface area contributed by atoms with Crippen LogP contribution in [0.3, 0.4) is 0 Å². The molecule has 0 unspecified atom stereocenters. The fourth-order valence-electron chi connectivity index (χ4n) is 3.83. The zero-order valence-electron chi connectivity index (χ0n) is 17.7. The summed E-state index contributed by atoms with van der Waals surface area (Å²) in [6, 6.07) is 12.1. The van der Waals surface area contributed by atoms with Gasteiger partial charge < -0.3 is 4.74 Å². The van der Waals surface area contributed by atoms with Crippen LogP contribution in [0.5, 0.6) is 5.75 Å². The zero-order valence-corrected chi connectivity index (χ0v) is 18.5. The first-order valence-corrected chi connectivity index (χ1v) is 11.9. The van der Waals surface area contributed by atoms with Crippen LogP contribution in [0, 0.1) is 5.92 Å². The van der Waals surface area contributed by atoms with E-state index in [-0.39, 0.29) is 22.6 Å². The van der Waals surface area contributed by atoms with Crippen LogP contribution in [0.15, 0.2) is 53.4 Å². The fraction of sp³-hybridized carbons (Fsp3) is 0.348. The normalized spacial score (nSPS) is 18.1. The maximum absolute atomic E-state index is 12.9. The molecule has 2 aromatic rings. The highest BCUT2D eigenvalue weighted by Crippen LogP contribution is 2.25. The van der Waals surface area contributed by atoms with Gasteiger partial charge in [0.05, 0.1) is 17.0 Å². The Labute approximate surface area is 186 Å². The van der Waals surface area contributed by atoms with Crippen molar-refractivity contribution in [3.63, 3.8) is 0 Å². The number of hydrogen-bond donors (Lipinski definition) is 0. The van der Waals surface area contributed by atoms with Crippen molar-refractivity contribution in [2.75, 3.05) is 26.2 Å². The Balaban J connectivity index is 1.49. The number of carbonyl (C=O) groups excluding carboxylic acids is 3. The van der Waals surface area contributed by atoms with Gasteiger partial charge in [-0.2, -0.15) is 4.31 Å². The number of ketones is 1. The Kier molecular flexibility index (Phi) is 6.12. The number of carbonyl (C=O) groups is 3.